The highest BCUT2D eigenvalue weighted by Crippen LogP contribution is 2.41. The van der Waals surface area contributed by atoms with Gasteiger partial charge in [-0.3, -0.25) is 4.57 Å². The summed E-state index contributed by atoms with van der Waals surface area (Å²) in [5, 5.41) is 0. The van der Waals surface area contributed by atoms with Crippen LogP contribution in [0.1, 0.15) is 0 Å². The molecule has 0 fully saturated rings. The molecule has 4 aromatic carbocycles. The second-order valence-corrected chi connectivity index (χ2v) is 7.91. The third-order valence-electron chi connectivity index (χ3n) is 5.89. The van der Waals surface area contributed by atoms with Gasteiger partial charge in [0, 0.05) is 17.4 Å². The molecule has 0 spiro atoms. The van der Waals surface area contributed by atoms with Crippen molar-refractivity contribution in [1.82, 2.24) is 14.5 Å². The van der Waals surface area contributed by atoms with Gasteiger partial charge in [-0.2, -0.15) is 0 Å². The number of benzene rings is 4. The predicted molar refractivity (Wildman–Crippen MR) is 135 cm³/mol. The van der Waals surface area contributed by atoms with E-state index in [9.17, 15) is 0 Å². The lowest BCUT2D eigenvalue weighted by Gasteiger charge is -2.17. The fourth-order valence-corrected chi connectivity index (χ4v) is 4.41. The highest BCUT2D eigenvalue weighted by atomic mass is 15.1. The van der Waals surface area contributed by atoms with E-state index >= 15 is 0 Å². The van der Waals surface area contributed by atoms with Gasteiger partial charge in [0.25, 0.3) is 0 Å². The Bertz CT molecular complexity index is 1480. The van der Waals surface area contributed by atoms with E-state index in [1.165, 1.54) is 0 Å². The fraction of sp³-hybridized carbons (Fsp3) is 0. The van der Waals surface area contributed by atoms with Crippen LogP contribution >= 0.6 is 0 Å². The predicted octanol–water partition coefficient (Wildman–Crippen LogP) is 7.42. The highest BCUT2D eigenvalue weighted by molar-refractivity contribution is 5.95. The van der Waals surface area contributed by atoms with Crippen molar-refractivity contribution in [2.24, 2.45) is 0 Å². The normalized spacial score (nSPS) is 11.0. The van der Waals surface area contributed by atoms with Gasteiger partial charge in [-0.15, -0.1) is 0 Å². The van der Waals surface area contributed by atoms with Crippen LogP contribution in [-0.2, 0) is 0 Å². The van der Waals surface area contributed by atoms with Gasteiger partial charge in [0.05, 0.1) is 0 Å². The van der Waals surface area contributed by atoms with Crippen LogP contribution in [0.4, 0.5) is 0 Å². The van der Waals surface area contributed by atoms with E-state index in [2.05, 4.69) is 95.6 Å². The second kappa shape index (κ2) is 8.21. The minimum atomic E-state index is 0.848. The van der Waals surface area contributed by atoms with Crippen molar-refractivity contribution in [2.75, 3.05) is 0 Å². The largest absolute Gasteiger partial charge is 0.277 e. The van der Waals surface area contributed by atoms with E-state index < -0.39 is 0 Å². The number of hydrogen-bond acceptors (Lipinski definition) is 2. The van der Waals surface area contributed by atoms with Crippen molar-refractivity contribution in [2.45, 2.75) is 0 Å². The topological polar surface area (TPSA) is 30.7 Å². The molecule has 0 N–H and O–H groups in total. The van der Waals surface area contributed by atoms with E-state index in [0.717, 1.165) is 50.5 Å². The number of pyridine rings is 1. The fourth-order valence-electron chi connectivity index (χ4n) is 4.41. The molecule has 33 heavy (non-hydrogen) atoms. The Morgan fingerprint density at radius 3 is 1.70 bits per heavy atom. The van der Waals surface area contributed by atoms with Crippen molar-refractivity contribution in [3.63, 3.8) is 0 Å². The molecule has 0 saturated heterocycles. The first-order valence-corrected chi connectivity index (χ1v) is 11.0. The lowest BCUT2D eigenvalue weighted by Crippen LogP contribution is -2.01. The van der Waals surface area contributed by atoms with Crippen LogP contribution in [0.15, 0.2) is 128 Å². The number of hydrogen-bond donors (Lipinski definition) is 0. The zero-order valence-electron chi connectivity index (χ0n) is 18.0. The maximum atomic E-state index is 5.13. The smallest absolute Gasteiger partial charge is 0.164 e. The molecule has 0 saturated carbocycles. The van der Waals surface area contributed by atoms with E-state index in [1.807, 2.05) is 36.5 Å². The zero-order chi connectivity index (χ0) is 22.0. The minimum absolute atomic E-state index is 0.848. The molecule has 0 unspecified atom stereocenters. The summed E-state index contributed by atoms with van der Waals surface area (Å²) in [5.74, 6) is 0.883. The van der Waals surface area contributed by atoms with Crippen LogP contribution in [0.5, 0.6) is 0 Å². The molecule has 0 atom stereocenters. The van der Waals surface area contributed by atoms with E-state index in [-0.39, 0.29) is 0 Å². The average molecular weight is 424 g/mol. The van der Waals surface area contributed by atoms with Gasteiger partial charge < -0.3 is 0 Å². The summed E-state index contributed by atoms with van der Waals surface area (Å²) in [6.07, 6.45) is 1.83. The van der Waals surface area contributed by atoms with Gasteiger partial charge in [0.1, 0.15) is 11.3 Å². The van der Waals surface area contributed by atoms with E-state index in [0.29, 0.717) is 0 Å². The summed E-state index contributed by atoms with van der Waals surface area (Å²) in [5.41, 5.74) is 8.45. The zero-order valence-corrected chi connectivity index (χ0v) is 18.0. The van der Waals surface area contributed by atoms with Gasteiger partial charge >= 0.3 is 0 Å². The first-order valence-electron chi connectivity index (χ1n) is 11.0. The number of nitrogens with zero attached hydrogens (tertiary/aromatic N) is 3. The minimum Gasteiger partial charge on any atom is -0.277 e. The standard InChI is InChI=1S/C30H21N3/c1-4-12-22(13-5-1)25-18-10-19-26(23-14-6-2-7-15-23)28(25)30-32-27-20-11-21-31-29(27)33(30)24-16-8-3-9-17-24/h1-21H. The molecular weight excluding hydrogens is 402 g/mol. The maximum absolute atomic E-state index is 5.13. The summed E-state index contributed by atoms with van der Waals surface area (Å²) in [6, 6.07) is 41.8. The Morgan fingerprint density at radius 2 is 1.09 bits per heavy atom. The van der Waals surface area contributed by atoms with Crippen molar-refractivity contribution >= 4 is 11.2 Å². The Hall–Kier alpha value is -4.50. The molecule has 2 heterocycles. The number of imidazole rings is 1. The highest BCUT2D eigenvalue weighted by Gasteiger charge is 2.22. The molecule has 0 amide bonds. The average Bonchev–Trinajstić information content (AvgIpc) is 3.29. The van der Waals surface area contributed by atoms with Crippen LogP contribution in [0.2, 0.25) is 0 Å². The first kappa shape index (κ1) is 19.2. The van der Waals surface area contributed by atoms with Crippen LogP contribution in [0.25, 0.3) is 50.5 Å². The van der Waals surface area contributed by atoms with E-state index in [1.54, 1.807) is 0 Å². The van der Waals surface area contributed by atoms with Crippen molar-refractivity contribution < 1.29 is 0 Å². The first-order chi connectivity index (χ1) is 16.4. The molecule has 0 radical (unpaired) electrons. The lowest BCUT2D eigenvalue weighted by atomic mass is 9.91. The summed E-state index contributed by atoms with van der Waals surface area (Å²) in [6.45, 7) is 0. The Labute approximate surface area is 192 Å². The third-order valence-corrected chi connectivity index (χ3v) is 5.89. The van der Waals surface area contributed by atoms with Crippen LogP contribution in [0.3, 0.4) is 0 Å². The van der Waals surface area contributed by atoms with Crippen molar-refractivity contribution in [3.8, 4) is 39.3 Å². The Kier molecular flexibility index (Phi) is 4.78. The van der Waals surface area contributed by atoms with Crippen molar-refractivity contribution in [3.05, 3.63) is 128 Å². The third kappa shape index (κ3) is 3.40. The van der Waals surface area contributed by atoms with Gasteiger partial charge in [0.2, 0.25) is 0 Å². The number of fused-ring (bicyclic) bond motifs is 1. The monoisotopic (exact) mass is 423 g/mol. The maximum Gasteiger partial charge on any atom is 0.164 e. The number of rotatable bonds is 4. The quantitative estimate of drug-likeness (QED) is 0.295. The van der Waals surface area contributed by atoms with Crippen LogP contribution in [-0.4, -0.2) is 14.5 Å². The number of para-hydroxylation sites is 1. The summed E-state index contributed by atoms with van der Waals surface area (Å²) >= 11 is 0. The molecule has 3 nitrogen and oxygen atoms in total. The molecular formula is C30H21N3. The SMILES string of the molecule is c1ccc(-c2cccc(-c3ccccc3)c2-c2nc3cccnc3n2-c2ccccc2)cc1. The van der Waals surface area contributed by atoms with Crippen LogP contribution < -0.4 is 0 Å². The summed E-state index contributed by atoms with van der Waals surface area (Å²) in [4.78, 5) is 9.84. The molecule has 0 aliphatic heterocycles. The lowest BCUT2D eigenvalue weighted by molar-refractivity contribution is 1.08. The van der Waals surface area contributed by atoms with Crippen LogP contribution in [0, 0.1) is 0 Å². The molecule has 156 valence electrons. The molecule has 6 rings (SSSR count). The Morgan fingerprint density at radius 1 is 0.515 bits per heavy atom. The molecule has 0 aliphatic rings. The molecule has 3 heteroatoms. The molecule has 6 aromatic rings. The van der Waals surface area contributed by atoms with Crippen molar-refractivity contribution in [1.29, 1.82) is 0 Å². The molecule has 2 aromatic heterocycles. The number of aromatic nitrogens is 3. The van der Waals surface area contributed by atoms with Gasteiger partial charge in [-0.1, -0.05) is 97.1 Å². The molecule has 0 bridgehead atoms. The summed E-state index contributed by atoms with van der Waals surface area (Å²) in [7, 11) is 0. The second-order valence-electron chi connectivity index (χ2n) is 7.91. The van der Waals surface area contributed by atoms with Gasteiger partial charge in [-0.25, -0.2) is 9.97 Å². The van der Waals surface area contributed by atoms with E-state index in [4.69, 9.17) is 9.97 Å². The van der Waals surface area contributed by atoms with Gasteiger partial charge in [0.15, 0.2) is 5.65 Å². The Balaban J connectivity index is 1.75. The molecule has 0 aliphatic carbocycles. The summed E-state index contributed by atoms with van der Waals surface area (Å²) < 4.78 is 2.17. The van der Waals surface area contributed by atoms with Gasteiger partial charge in [-0.05, 0) is 46.5 Å².